The van der Waals surface area contributed by atoms with Gasteiger partial charge in [0.15, 0.2) is 0 Å². The smallest absolute Gasteiger partial charge is 0.419 e. The van der Waals surface area contributed by atoms with Crippen LogP contribution in [0.5, 0.6) is 5.75 Å². The van der Waals surface area contributed by atoms with Crippen molar-refractivity contribution in [3.05, 3.63) is 29.3 Å². The lowest BCUT2D eigenvalue weighted by Crippen LogP contribution is -2.37. The quantitative estimate of drug-likeness (QED) is 0.892. The second kappa shape index (κ2) is 5.64. The molecule has 0 amide bonds. The van der Waals surface area contributed by atoms with Crippen molar-refractivity contribution in [1.82, 2.24) is 4.90 Å². The second-order valence-electron chi connectivity index (χ2n) is 5.83. The van der Waals surface area contributed by atoms with E-state index in [-0.39, 0.29) is 0 Å². The number of phenols is 1. The van der Waals surface area contributed by atoms with Crippen LogP contribution >= 0.6 is 0 Å². The van der Waals surface area contributed by atoms with Crippen molar-refractivity contribution in [1.29, 1.82) is 0 Å². The first kappa shape index (κ1) is 15.2. The summed E-state index contributed by atoms with van der Waals surface area (Å²) in [5, 5.41) is 9.32. The monoisotopic (exact) mass is 287 g/mol. The summed E-state index contributed by atoms with van der Waals surface area (Å²) < 4.78 is 38.2. The Labute approximate surface area is 117 Å². The first-order valence-corrected chi connectivity index (χ1v) is 6.89. The van der Waals surface area contributed by atoms with Crippen molar-refractivity contribution in [2.75, 3.05) is 13.1 Å². The van der Waals surface area contributed by atoms with E-state index in [4.69, 9.17) is 0 Å². The molecule has 2 rings (SSSR count). The third-order valence-corrected chi connectivity index (χ3v) is 4.19. The topological polar surface area (TPSA) is 23.5 Å². The molecule has 1 heterocycles. The molecule has 112 valence electrons. The Kier molecular flexibility index (Phi) is 4.28. The summed E-state index contributed by atoms with van der Waals surface area (Å²) in [5.41, 5.74) is -0.356. The van der Waals surface area contributed by atoms with Crippen LogP contribution in [0.25, 0.3) is 0 Å². The first-order valence-electron chi connectivity index (χ1n) is 6.89. The number of hydrogen-bond acceptors (Lipinski definition) is 2. The molecule has 1 aromatic carbocycles. The van der Waals surface area contributed by atoms with Gasteiger partial charge in [0.1, 0.15) is 5.75 Å². The molecule has 2 atom stereocenters. The highest BCUT2D eigenvalue weighted by Crippen LogP contribution is 2.36. The van der Waals surface area contributed by atoms with Gasteiger partial charge in [-0.05, 0) is 42.5 Å². The Morgan fingerprint density at radius 1 is 1.25 bits per heavy atom. The van der Waals surface area contributed by atoms with Gasteiger partial charge in [-0.2, -0.15) is 13.2 Å². The van der Waals surface area contributed by atoms with Crippen molar-refractivity contribution in [2.45, 2.75) is 33.0 Å². The van der Waals surface area contributed by atoms with E-state index in [1.54, 1.807) is 6.07 Å². The van der Waals surface area contributed by atoms with Gasteiger partial charge < -0.3 is 5.11 Å². The fourth-order valence-electron chi connectivity index (χ4n) is 2.66. The van der Waals surface area contributed by atoms with E-state index < -0.39 is 17.5 Å². The molecule has 0 bridgehead atoms. The lowest BCUT2D eigenvalue weighted by molar-refractivity contribution is -0.138. The average Bonchev–Trinajstić information content (AvgIpc) is 2.35. The molecule has 1 aliphatic rings. The zero-order valence-corrected chi connectivity index (χ0v) is 11.7. The maximum absolute atomic E-state index is 12.7. The lowest BCUT2D eigenvalue weighted by atomic mass is 9.88. The molecule has 0 aliphatic carbocycles. The molecule has 20 heavy (non-hydrogen) atoms. The maximum Gasteiger partial charge on any atom is 0.419 e. The predicted octanol–water partition coefficient (Wildman–Crippen LogP) is 3.89. The summed E-state index contributed by atoms with van der Waals surface area (Å²) >= 11 is 0. The van der Waals surface area contributed by atoms with Gasteiger partial charge in [0.25, 0.3) is 0 Å². The molecule has 0 saturated carbocycles. The molecule has 2 unspecified atom stereocenters. The van der Waals surface area contributed by atoms with Crippen LogP contribution in [0.15, 0.2) is 18.2 Å². The minimum Gasteiger partial charge on any atom is -0.507 e. The van der Waals surface area contributed by atoms with Crippen molar-refractivity contribution < 1.29 is 18.3 Å². The van der Waals surface area contributed by atoms with Gasteiger partial charge in [0, 0.05) is 13.1 Å². The molecule has 0 aromatic heterocycles. The largest absolute Gasteiger partial charge is 0.507 e. The van der Waals surface area contributed by atoms with Gasteiger partial charge in [-0.1, -0.05) is 19.9 Å². The Bertz CT molecular complexity index is 473. The van der Waals surface area contributed by atoms with Crippen LogP contribution in [0.4, 0.5) is 13.2 Å². The maximum atomic E-state index is 12.7. The third kappa shape index (κ3) is 3.45. The lowest BCUT2D eigenvalue weighted by Gasteiger charge is -2.35. The summed E-state index contributed by atoms with van der Waals surface area (Å²) in [6.45, 7) is 6.71. The van der Waals surface area contributed by atoms with E-state index in [0.29, 0.717) is 23.9 Å². The number of aromatic hydroxyl groups is 1. The average molecular weight is 287 g/mol. The Hall–Kier alpha value is -1.23. The van der Waals surface area contributed by atoms with Gasteiger partial charge >= 0.3 is 6.18 Å². The number of phenolic OH excluding ortho intramolecular Hbond substituents is 1. The first-order chi connectivity index (χ1) is 9.27. The standard InChI is InChI=1S/C15H20F3NO/c1-10-5-6-19(8-11(10)2)9-12-3-4-14(20)13(7-12)15(16,17)18/h3-4,7,10-11,20H,5-6,8-9H2,1-2H3. The van der Waals surface area contributed by atoms with E-state index in [2.05, 4.69) is 18.7 Å². The molecule has 0 spiro atoms. The number of nitrogens with zero attached hydrogens (tertiary/aromatic N) is 1. The fraction of sp³-hybridized carbons (Fsp3) is 0.600. The van der Waals surface area contributed by atoms with E-state index in [1.807, 2.05) is 0 Å². The zero-order valence-electron chi connectivity index (χ0n) is 11.7. The fourth-order valence-corrected chi connectivity index (χ4v) is 2.66. The van der Waals surface area contributed by atoms with Crippen LogP contribution in [-0.4, -0.2) is 23.1 Å². The van der Waals surface area contributed by atoms with Crippen LogP contribution in [0.3, 0.4) is 0 Å². The van der Waals surface area contributed by atoms with Crippen LogP contribution < -0.4 is 0 Å². The number of benzene rings is 1. The SMILES string of the molecule is CC1CCN(Cc2ccc(O)c(C(F)(F)F)c2)CC1C. The Morgan fingerprint density at radius 2 is 1.95 bits per heavy atom. The van der Waals surface area contributed by atoms with Gasteiger partial charge in [-0.25, -0.2) is 0 Å². The number of likely N-dealkylation sites (tertiary alicyclic amines) is 1. The highest BCUT2D eigenvalue weighted by atomic mass is 19.4. The van der Waals surface area contributed by atoms with Gasteiger partial charge in [0.05, 0.1) is 5.56 Å². The van der Waals surface area contributed by atoms with Crippen LogP contribution in [0, 0.1) is 11.8 Å². The normalized spacial score (nSPS) is 24.9. The van der Waals surface area contributed by atoms with E-state index in [9.17, 15) is 18.3 Å². The molecular formula is C15H20F3NO. The van der Waals surface area contributed by atoms with Crippen LogP contribution in [0.1, 0.15) is 31.4 Å². The molecule has 2 nitrogen and oxygen atoms in total. The summed E-state index contributed by atoms with van der Waals surface area (Å²) in [5.74, 6) is 0.515. The number of halogens is 3. The van der Waals surface area contributed by atoms with Crippen LogP contribution in [0.2, 0.25) is 0 Å². The van der Waals surface area contributed by atoms with E-state index in [0.717, 1.165) is 31.6 Å². The number of hydrogen-bond donors (Lipinski definition) is 1. The van der Waals surface area contributed by atoms with Gasteiger partial charge in [-0.3, -0.25) is 4.90 Å². The molecule has 1 saturated heterocycles. The van der Waals surface area contributed by atoms with Crippen molar-refractivity contribution >= 4 is 0 Å². The van der Waals surface area contributed by atoms with Crippen LogP contribution in [-0.2, 0) is 12.7 Å². The molecule has 5 heteroatoms. The molecule has 1 N–H and O–H groups in total. The minimum atomic E-state index is -4.51. The molecule has 0 radical (unpaired) electrons. The van der Waals surface area contributed by atoms with Gasteiger partial charge in [-0.15, -0.1) is 0 Å². The number of alkyl halides is 3. The summed E-state index contributed by atoms with van der Waals surface area (Å²) in [6.07, 6.45) is -3.44. The molecule has 1 aliphatic heterocycles. The Morgan fingerprint density at radius 3 is 2.55 bits per heavy atom. The van der Waals surface area contributed by atoms with E-state index in [1.165, 1.54) is 0 Å². The number of rotatable bonds is 2. The summed E-state index contributed by atoms with van der Waals surface area (Å²) in [7, 11) is 0. The third-order valence-electron chi connectivity index (χ3n) is 4.19. The molecule has 1 aromatic rings. The predicted molar refractivity (Wildman–Crippen MR) is 71.3 cm³/mol. The Balaban J connectivity index is 2.11. The highest BCUT2D eigenvalue weighted by Gasteiger charge is 2.34. The van der Waals surface area contributed by atoms with Crippen molar-refractivity contribution in [2.24, 2.45) is 11.8 Å². The minimum absolute atomic E-state index is 0.500. The van der Waals surface area contributed by atoms with Crippen molar-refractivity contribution in [3.63, 3.8) is 0 Å². The number of piperidine rings is 1. The zero-order chi connectivity index (χ0) is 14.9. The summed E-state index contributed by atoms with van der Waals surface area (Å²) in [4.78, 5) is 2.18. The second-order valence-corrected chi connectivity index (χ2v) is 5.83. The van der Waals surface area contributed by atoms with Gasteiger partial charge in [0.2, 0.25) is 0 Å². The highest BCUT2D eigenvalue weighted by molar-refractivity contribution is 5.38. The molecular weight excluding hydrogens is 267 g/mol. The molecule has 1 fully saturated rings. The van der Waals surface area contributed by atoms with Crippen molar-refractivity contribution in [3.8, 4) is 5.75 Å². The summed E-state index contributed by atoms with van der Waals surface area (Å²) in [6, 6.07) is 3.75. The van der Waals surface area contributed by atoms with E-state index >= 15 is 0 Å².